The molecule has 0 radical (unpaired) electrons. The van der Waals surface area contributed by atoms with Crippen LogP contribution in [0.5, 0.6) is 0 Å². The zero-order valence-electron chi connectivity index (χ0n) is 10.2. The number of hydrogen-bond acceptors (Lipinski definition) is 2. The van der Waals surface area contributed by atoms with Crippen LogP contribution < -0.4 is 0 Å². The van der Waals surface area contributed by atoms with Gasteiger partial charge in [0.2, 0.25) is 0 Å². The molecule has 0 aliphatic heterocycles. The first kappa shape index (κ1) is 11.7. The summed E-state index contributed by atoms with van der Waals surface area (Å²) < 4.78 is 1.96. The van der Waals surface area contributed by atoms with Crippen molar-refractivity contribution >= 4 is 10.9 Å². The molecule has 0 spiro atoms. The van der Waals surface area contributed by atoms with E-state index >= 15 is 0 Å². The molecule has 0 atom stereocenters. The number of hydrogen-bond donors (Lipinski definition) is 0. The number of aryl methyl sites for hydroxylation is 1. The molecule has 0 aliphatic carbocycles. The molecule has 0 aromatic carbocycles. The van der Waals surface area contributed by atoms with E-state index in [-0.39, 0.29) is 0 Å². The predicted octanol–water partition coefficient (Wildman–Crippen LogP) is 3.35. The van der Waals surface area contributed by atoms with Crippen LogP contribution in [0.4, 0.5) is 0 Å². The first-order chi connectivity index (χ1) is 7.16. The van der Waals surface area contributed by atoms with Crippen LogP contribution in [0, 0.1) is 6.92 Å². The molecule has 82 valence electrons. The average Bonchev–Trinajstić information content (AvgIpc) is 2.63. The lowest BCUT2D eigenvalue weighted by Crippen LogP contribution is -1.99. The maximum Gasteiger partial charge on any atom is 0.0956 e. The molecule has 0 amide bonds. The molecule has 0 fully saturated rings. The Labute approximate surface area is 91.1 Å². The van der Waals surface area contributed by atoms with Gasteiger partial charge in [0, 0.05) is 29.5 Å². The summed E-state index contributed by atoms with van der Waals surface area (Å²) in [7, 11) is 0. The van der Waals surface area contributed by atoms with Gasteiger partial charge in [0.1, 0.15) is 0 Å². The van der Waals surface area contributed by atoms with E-state index in [0.29, 0.717) is 6.04 Å². The van der Waals surface area contributed by atoms with Gasteiger partial charge < -0.3 is 0 Å². The molecule has 15 heavy (non-hydrogen) atoms. The van der Waals surface area contributed by atoms with Crippen LogP contribution >= 0.6 is 0 Å². The largest absolute Gasteiger partial charge is 0.269 e. The highest BCUT2D eigenvalue weighted by atomic mass is 15.3. The monoisotopic (exact) mass is 205 g/mol. The zero-order chi connectivity index (χ0) is 11.4. The van der Waals surface area contributed by atoms with Crippen molar-refractivity contribution < 1.29 is 0 Å². The summed E-state index contributed by atoms with van der Waals surface area (Å²) in [5.74, 6) is 0. The molecular formula is C12H19N3. The van der Waals surface area contributed by atoms with Crippen molar-refractivity contribution in [3.63, 3.8) is 0 Å². The Morgan fingerprint density at radius 2 is 1.93 bits per heavy atom. The van der Waals surface area contributed by atoms with E-state index in [1.807, 2.05) is 43.9 Å². The topological polar surface area (TPSA) is 30.7 Å². The van der Waals surface area contributed by atoms with E-state index in [0.717, 1.165) is 16.6 Å². The molecule has 0 saturated heterocycles. The van der Waals surface area contributed by atoms with E-state index in [4.69, 9.17) is 0 Å². The maximum atomic E-state index is 4.45. The first-order valence-electron chi connectivity index (χ1n) is 5.48. The third-order valence-electron chi connectivity index (χ3n) is 2.07. The lowest BCUT2D eigenvalue weighted by molar-refractivity contribution is 0.537. The van der Waals surface area contributed by atoms with Gasteiger partial charge in [-0.1, -0.05) is 13.8 Å². The van der Waals surface area contributed by atoms with E-state index in [2.05, 4.69) is 23.9 Å². The minimum Gasteiger partial charge on any atom is -0.269 e. The second-order valence-electron chi connectivity index (χ2n) is 3.59. The molecule has 0 saturated carbocycles. The normalized spacial score (nSPS) is 10.3. The Balaban J connectivity index is 0.000000531. The van der Waals surface area contributed by atoms with Crippen molar-refractivity contribution in [1.29, 1.82) is 0 Å². The van der Waals surface area contributed by atoms with Gasteiger partial charge in [0.25, 0.3) is 0 Å². The smallest absolute Gasteiger partial charge is 0.0956 e. The molecule has 0 aliphatic rings. The van der Waals surface area contributed by atoms with Crippen LogP contribution in [-0.2, 0) is 0 Å². The van der Waals surface area contributed by atoms with E-state index in [1.165, 1.54) is 0 Å². The van der Waals surface area contributed by atoms with E-state index in [1.54, 1.807) is 0 Å². The molecule has 0 unspecified atom stereocenters. The standard InChI is InChI=1S/C10H13N3.C2H6/c1-7(2)13-6-9-5-11-8(3)4-10(9)12-13;1-2/h4-7H,1-3H3;1-2H3. The number of aromatic nitrogens is 3. The molecule has 2 heterocycles. The summed E-state index contributed by atoms with van der Waals surface area (Å²) in [6, 6.07) is 2.42. The van der Waals surface area contributed by atoms with Crippen LogP contribution in [0.1, 0.15) is 39.4 Å². The van der Waals surface area contributed by atoms with Gasteiger partial charge in [-0.3, -0.25) is 9.67 Å². The first-order valence-corrected chi connectivity index (χ1v) is 5.48. The molecule has 2 aromatic rings. The molecule has 3 heteroatoms. The quantitative estimate of drug-likeness (QED) is 0.714. The van der Waals surface area contributed by atoms with Gasteiger partial charge in [0.05, 0.1) is 5.52 Å². The Morgan fingerprint density at radius 3 is 2.53 bits per heavy atom. The summed E-state index contributed by atoms with van der Waals surface area (Å²) in [6.07, 6.45) is 3.91. The fourth-order valence-corrected chi connectivity index (χ4v) is 1.30. The van der Waals surface area contributed by atoms with Gasteiger partial charge in [-0.25, -0.2) is 0 Å². The van der Waals surface area contributed by atoms with Crippen LogP contribution in [0.3, 0.4) is 0 Å². The fourth-order valence-electron chi connectivity index (χ4n) is 1.30. The number of pyridine rings is 1. The Morgan fingerprint density at radius 1 is 1.27 bits per heavy atom. The van der Waals surface area contributed by atoms with Crippen molar-refractivity contribution in [1.82, 2.24) is 14.8 Å². The fraction of sp³-hybridized carbons (Fsp3) is 0.500. The SMILES string of the molecule is CC.Cc1cc2nn(C(C)C)cc2cn1. The second-order valence-corrected chi connectivity index (χ2v) is 3.59. The van der Waals surface area contributed by atoms with Crippen LogP contribution in [0.15, 0.2) is 18.5 Å². The summed E-state index contributed by atoms with van der Waals surface area (Å²) >= 11 is 0. The third kappa shape index (κ3) is 2.55. The zero-order valence-corrected chi connectivity index (χ0v) is 10.2. The van der Waals surface area contributed by atoms with Crippen LogP contribution in [-0.4, -0.2) is 14.8 Å². The minimum absolute atomic E-state index is 0.410. The van der Waals surface area contributed by atoms with Crippen molar-refractivity contribution in [2.75, 3.05) is 0 Å². The molecule has 3 nitrogen and oxygen atoms in total. The molecule has 0 N–H and O–H groups in total. The predicted molar refractivity (Wildman–Crippen MR) is 64.0 cm³/mol. The molecule has 2 rings (SSSR count). The van der Waals surface area contributed by atoms with Gasteiger partial charge in [-0.2, -0.15) is 5.10 Å². The Bertz CT molecular complexity index is 429. The molecule has 2 aromatic heterocycles. The highest BCUT2D eigenvalue weighted by Crippen LogP contribution is 2.14. The van der Waals surface area contributed by atoms with Crippen molar-refractivity contribution in [3.8, 4) is 0 Å². The Kier molecular flexibility index (Phi) is 3.83. The highest BCUT2D eigenvalue weighted by molar-refractivity contribution is 5.77. The summed E-state index contributed by atoms with van der Waals surface area (Å²) in [6.45, 7) is 10.2. The van der Waals surface area contributed by atoms with E-state index < -0.39 is 0 Å². The van der Waals surface area contributed by atoms with Crippen LogP contribution in [0.2, 0.25) is 0 Å². The summed E-state index contributed by atoms with van der Waals surface area (Å²) in [5.41, 5.74) is 2.04. The van der Waals surface area contributed by atoms with Gasteiger partial charge in [-0.05, 0) is 26.8 Å². The average molecular weight is 205 g/mol. The summed E-state index contributed by atoms with van der Waals surface area (Å²) in [4.78, 5) is 4.23. The van der Waals surface area contributed by atoms with Crippen molar-refractivity contribution in [2.45, 2.75) is 40.7 Å². The Hall–Kier alpha value is -1.38. The number of fused-ring (bicyclic) bond motifs is 1. The lowest BCUT2D eigenvalue weighted by atomic mass is 10.3. The van der Waals surface area contributed by atoms with Gasteiger partial charge >= 0.3 is 0 Å². The van der Waals surface area contributed by atoms with E-state index in [9.17, 15) is 0 Å². The lowest BCUT2D eigenvalue weighted by Gasteiger charge is -2.02. The van der Waals surface area contributed by atoms with Gasteiger partial charge in [0.15, 0.2) is 0 Å². The summed E-state index contributed by atoms with van der Waals surface area (Å²) in [5, 5.41) is 5.56. The van der Waals surface area contributed by atoms with Crippen molar-refractivity contribution in [3.05, 3.63) is 24.2 Å². The maximum absolute atomic E-state index is 4.45. The number of nitrogens with zero attached hydrogens (tertiary/aromatic N) is 3. The highest BCUT2D eigenvalue weighted by Gasteiger charge is 2.03. The molecular weight excluding hydrogens is 186 g/mol. The van der Waals surface area contributed by atoms with Crippen LogP contribution in [0.25, 0.3) is 10.9 Å². The minimum atomic E-state index is 0.410. The second kappa shape index (κ2) is 4.91. The van der Waals surface area contributed by atoms with Gasteiger partial charge in [-0.15, -0.1) is 0 Å². The van der Waals surface area contributed by atoms with Crippen molar-refractivity contribution in [2.24, 2.45) is 0 Å². The molecule has 0 bridgehead atoms. The third-order valence-corrected chi connectivity index (χ3v) is 2.07. The number of rotatable bonds is 1.